The second-order valence-corrected chi connectivity index (χ2v) is 7.12. The fourth-order valence-electron chi connectivity index (χ4n) is 3.68. The molecule has 2 atom stereocenters. The zero-order valence-corrected chi connectivity index (χ0v) is 15.4. The number of benzene rings is 3. The van der Waals surface area contributed by atoms with Gasteiger partial charge in [0.1, 0.15) is 5.82 Å². The van der Waals surface area contributed by atoms with Gasteiger partial charge in [-0.3, -0.25) is 4.79 Å². The molecule has 1 saturated heterocycles. The summed E-state index contributed by atoms with van der Waals surface area (Å²) in [6, 6.07) is 18.3. The minimum atomic E-state index is -0.787. The molecule has 0 bridgehead atoms. The number of rotatable bonds is 4. The van der Waals surface area contributed by atoms with E-state index in [0.29, 0.717) is 24.8 Å². The van der Waals surface area contributed by atoms with Crippen LogP contribution in [0.4, 0.5) is 4.39 Å². The molecule has 0 saturated carbocycles. The highest BCUT2D eigenvalue weighted by Gasteiger charge is 2.27. The van der Waals surface area contributed by atoms with Gasteiger partial charge in [0.25, 0.3) is 5.91 Å². The van der Waals surface area contributed by atoms with E-state index in [1.807, 2.05) is 42.5 Å². The maximum Gasteiger partial charge on any atom is 0.254 e. The largest absolute Gasteiger partial charge is 0.389 e. The average molecular weight is 379 g/mol. The molecule has 0 spiro atoms. The zero-order chi connectivity index (χ0) is 19.5. The van der Waals surface area contributed by atoms with Crippen LogP contribution in [0.1, 0.15) is 27.9 Å². The van der Waals surface area contributed by atoms with Gasteiger partial charge in [-0.05, 0) is 35.4 Å². The molecule has 3 aromatic carbocycles. The number of halogens is 1. The molecule has 1 aliphatic heterocycles. The van der Waals surface area contributed by atoms with Gasteiger partial charge in [-0.1, -0.05) is 54.6 Å². The van der Waals surface area contributed by atoms with Gasteiger partial charge in [-0.15, -0.1) is 0 Å². The summed E-state index contributed by atoms with van der Waals surface area (Å²) < 4.78 is 20.3. The summed E-state index contributed by atoms with van der Waals surface area (Å²) in [6.07, 6.45) is 0.311. The van der Waals surface area contributed by atoms with Crippen molar-refractivity contribution < 1.29 is 19.0 Å². The Kier molecular flexibility index (Phi) is 5.37. The van der Waals surface area contributed by atoms with Crippen LogP contribution in [0.25, 0.3) is 10.8 Å². The van der Waals surface area contributed by atoms with Crippen LogP contribution in [-0.4, -0.2) is 36.4 Å². The molecule has 5 heteroatoms. The summed E-state index contributed by atoms with van der Waals surface area (Å²) in [6.45, 7) is 0.631. The fraction of sp³-hybridized carbons (Fsp3) is 0.261. The van der Waals surface area contributed by atoms with Crippen LogP contribution in [0.5, 0.6) is 0 Å². The lowest BCUT2D eigenvalue weighted by Gasteiger charge is -2.28. The standard InChI is InChI=1S/C23H22FNO3/c24-22-18-9-5-4-8-17(18)16(12-15-6-2-1-3-7-15)13-19(22)23(27)25-20-10-11-28-14-21(20)26/h1-9,13,20-21,26H,10-12,14H2,(H,25,27)/t20-,21-/m0/s1. The smallest absolute Gasteiger partial charge is 0.254 e. The van der Waals surface area contributed by atoms with E-state index in [-0.39, 0.29) is 12.2 Å². The normalized spacial score (nSPS) is 19.5. The molecular formula is C23H22FNO3. The summed E-state index contributed by atoms with van der Waals surface area (Å²) in [4.78, 5) is 12.8. The van der Waals surface area contributed by atoms with E-state index in [9.17, 15) is 9.90 Å². The Labute approximate surface area is 163 Å². The quantitative estimate of drug-likeness (QED) is 0.730. The van der Waals surface area contributed by atoms with Gasteiger partial charge in [-0.25, -0.2) is 4.39 Å². The molecule has 0 radical (unpaired) electrons. The molecule has 0 aliphatic carbocycles. The van der Waals surface area contributed by atoms with Gasteiger partial charge in [0, 0.05) is 12.0 Å². The topological polar surface area (TPSA) is 58.6 Å². The molecule has 1 aliphatic rings. The van der Waals surface area contributed by atoms with Gasteiger partial charge < -0.3 is 15.2 Å². The van der Waals surface area contributed by atoms with Crippen LogP contribution in [0.15, 0.2) is 60.7 Å². The Bertz CT molecular complexity index is 990. The molecule has 0 unspecified atom stereocenters. The molecule has 144 valence electrons. The van der Waals surface area contributed by atoms with Crippen molar-refractivity contribution in [3.8, 4) is 0 Å². The summed E-state index contributed by atoms with van der Waals surface area (Å²) >= 11 is 0. The first-order chi connectivity index (χ1) is 13.6. The zero-order valence-electron chi connectivity index (χ0n) is 15.4. The lowest BCUT2D eigenvalue weighted by atomic mass is 9.94. The summed E-state index contributed by atoms with van der Waals surface area (Å²) in [5, 5.41) is 14.0. The highest BCUT2D eigenvalue weighted by molar-refractivity contribution is 6.00. The number of carbonyl (C=O) groups is 1. The number of hydrogen-bond acceptors (Lipinski definition) is 3. The minimum Gasteiger partial charge on any atom is -0.389 e. The van der Waals surface area contributed by atoms with Crippen LogP contribution < -0.4 is 5.32 Å². The van der Waals surface area contributed by atoms with Crippen molar-refractivity contribution in [1.82, 2.24) is 5.32 Å². The molecular weight excluding hydrogens is 357 g/mol. The number of aliphatic hydroxyl groups excluding tert-OH is 1. The third-order valence-corrected chi connectivity index (χ3v) is 5.19. The van der Waals surface area contributed by atoms with Gasteiger partial charge in [-0.2, -0.15) is 0 Å². The Morgan fingerprint density at radius 1 is 1.11 bits per heavy atom. The third kappa shape index (κ3) is 3.77. The molecule has 1 heterocycles. The number of ether oxygens (including phenoxy) is 1. The number of amides is 1. The van der Waals surface area contributed by atoms with Gasteiger partial charge in [0.2, 0.25) is 0 Å². The van der Waals surface area contributed by atoms with Crippen LogP contribution >= 0.6 is 0 Å². The van der Waals surface area contributed by atoms with Crippen molar-refractivity contribution in [3.05, 3.63) is 83.2 Å². The van der Waals surface area contributed by atoms with Crippen molar-refractivity contribution in [2.24, 2.45) is 0 Å². The highest BCUT2D eigenvalue weighted by Crippen LogP contribution is 2.27. The van der Waals surface area contributed by atoms with Gasteiger partial charge in [0.05, 0.1) is 24.3 Å². The minimum absolute atomic E-state index is 0.00308. The van der Waals surface area contributed by atoms with E-state index < -0.39 is 23.9 Å². The summed E-state index contributed by atoms with van der Waals surface area (Å²) in [7, 11) is 0. The van der Waals surface area contributed by atoms with E-state index in [0.717, 1.165) is 16.5 Å². The van der Waals surface area contributed by atoms with E-state index in [4.69, 9.17) is 4.74 Å². The lowest BCUT2D eigenvalue weighted by molar-refractivity contribution is -0.0261. The van der Waals surface area contributed by atoms with Gasteiger partial charge >= 0.3 is 0 Å². The fourth-order valence-corrected chi connectivity index (χ4v) is 3.68. The Morgan fingerprint density at radius 3 is 2.57 bits per heavy atom. The predicted molar refractivity (Wildman–Crippen MR) is 106 cm³/mol. The number of aliphatic hydroxyl groups is 1. The molecule has 28 heavy (non-hydrogen) atoms. The Balaban J connectivity index is 1.71. The molecule has 1 amide bonds. The van der Waals surface area contributed by atoms with Crippen LogP contribution in [-0.2, 0) is 11.2 Å². The van der Waals surface area contributed by atoms with E-state index >= 15 is 4.39 Å². The molecule has 1 fully saturated rings. The van der Waals surface area contributed by atoms with E-state index in [1.165, 1.54) is 0 Å². The highest BCUT2D eigenvalue weighted by atomic mass is 19.1. The first-order valence-electron chi connectivity index (χ1n) is 9.44. The van der Waals surface area contributed by atoms with Crippen LogP contribution in [0.2, 0.25) is 0 Å². The molecule has 4 rings (SSSR count). The SMILES string of the molecule is O=C(N[C@H]1CCOC[C@@H]1O)c1cc(Cc2ccccc2)c2ccccc2c1F. The monoisotopic (exact) mass is 379 g/mol. The molecule has 0 aromatic heterocycles. The predicted octanol–water partition coefficient (Wildman–Crippen LogP) is 3.45. The second-order valence-electron chi connectivity index (χ2n) is 7.12. The molecule has 2 N–H and O–H groups in total. The van der Waals surface area contributed by atoms with E-state index in [2.05, 4.69) is 5.32 Å². The van der Waals surface area contributed by atoms with Gasteiger partial charge in [0.15, 0.2) is 0 Å². The van der Waals surface area contributed by atoms with Crippen molar-refractivity contribution in [2.75, 3.05) is 13.2 Å². The van der Waals surface area contributed by atoms with Crippen molar-refractivity contribution in [2.45, 2.75) is 25.0 Å². The van der Waals surface area contributed by atoms with Crippen LogP contribution in [0.3, 0.4) is 0 Å². The number of nitrogens with one attached hydrogen (secondary N) is 1. The second kappa shape index (κ2) is 8.09. The first kappa shape index (κ1) is 18.6. The number of hydrogen-bond donors (Lipinski definition) is 2. The number of fused-ring (bicyclic) bond motifs is 1. The van der Waals surface area contributed by atoms with E-state index in [1.54, 1.807) is 18.2 Å². The first-order valence-corrected chi connectivity index (χ1v) is 9.44. The number of carbonyl (C=O) groups excluding carboxylic acids is 1. The van der Waals surface area contributed by atoms with Crippen molar-refractivity contribution in [3.63, 3.8) is 0 Å². The molecule has 4 nitrogen and oxygen atoms in total. The third-order valence-electron chi connectivity index (χ3n) is 5.19. The summed E-state index contributed by atoms with van der Waals surface area (Å²) in [5.74, 6) is -1.05. The van der Waals surface area contributed by atoms with Crippen molar-refractivity contribution in [1.29, 1.82) is 0 Å². The Morgan fingerprint density at radius 2 is 1.82 bits per heavy atom. The van der Waals surface area contributed by atoms with Crippen LogP contribution in [0, 0.1) is 5.82 Å². The average Bonchev–Trinajstić information content (AvgIpc) is 2.72. The molecule has 3 aromatic rings. The lowest BCUT2D eigenvalue weighted by Crippen LogP contribution is -2.48. The summed E-state index contributed by atoms with van der Waals surface area (Å²) in [5.41, 5.74) is 1.98. The maximum atomic E-state index is 15.1. The maximum absolute atomic E-state index is 15.1. The Hall–Kier alpha value is -2.76. The van der Waals surface area contributed by atoms with Crippen molar-refractivity contribution >= 4 is 16.7 Å².